The highest BCUT2D eigenvalue weighted by atomic mass is 16.5. The zero-order valence-electron chi connectivity index (χ0n) is 47.3. The van der Waals surface area contributed by atoms with E-state index in [-0.39, 0.29) is 36.4 Å². The molecule has 2 N–H and O–H groups in total. The van der Waals surface area contributed by atoms with Crippen molar-refractivity contribution in [2.45, 2.75) is 342 Å². The third-order valence-electron chi connectivity index (χ3n) is 15.2. The van der Waals surface area contributed by atoms with Crippen molar-refractivity contribution in [1.29, 1.82) is 0 Å². The van der Waals surface area contributed by atoms with Gasteiger partial charge in [0.15, 0.2) is 0 Å². The van der Waals surface area contributed by atoms with E-state index in [1.807, 2.05) is 0 Å². The van der Waals surface area contributed by atoms with Crippen molar-refractivity contribution in [3.63, 3.8) is 0 Å². The van der Waals surface area contributed by atoms with Crippen LogP contribution in [0.5, 0.6) is 0 Å². The Morgan fingerprint density at radius 1 is 0.348 bits per heavy atom. The van der Waals surface area contributed by atoms with Gasteiger partial charge >= 0.3 is 11.9 Å². The van der Waals surface area contributed by atoms with Crippen LogP contribution in [0.15, 0.2) is 0 Å². The number of hydrogen-bond donors (Lipinski definition) is 2. The summed E-state index contributed by atoms with van der Waals surface area (Å²) in [6.45, 7) is 14.0. The molecule has 0 radical (unpaired) electrons. The normalized spacial score (nSPS) is 13.5. The predicted molar refractivity (Wildman–Crippen MR) is 298 cm³/mol. The summed E-state index contributed by atoms with van der Waals surface area (Å²) in [6.07, 6.45) is 53.6. The number of hydrogen-bond acceptors (Lipinski definition) is 7. The number of carbonyl (C=O) groups excluding carboxylic acids is 2. The summed E-state index contributed by atoms with van der Waals surface area (Å²) in [6, 6.07) is -0.244. The van der Waals surface area contributed by atoms with Crippen molar-refractivity contribution >= 4 is 11.9 Å². The molecular weight excluding hydrogens is 855 g/mol. The summed E-state index contributed by atoms with van der Waals surface area (Å²) in [5, 5.41) is 22.1. The average Bonchev–Trinajstić information content (AvgIpc) is 3.35. The molecule has 7 nitrogen and oxygen atoms in total. The predicted octanol–water partition coefficient (Wildman–Crippen LogP) is 18.4. The number of nitrogens with zero attached hydrogens (tertiary/aromatic N) is 1. The van der Waals surface area contributed by atoms with E-state index in [0.29, 0.717) is 13.2 Å². The zero-order valence-corrected chi connectivity index (χ0v) is 47.3. The summed E-state index contributed by atoms with van der Waals surface area (Å²) >= 11 is 0. The van der Waals surface area contributed by atoms with Crippen LogP contribution in [-0.2, 0) is 19.1 Å². The molecule has 0 aliphatic rings. The minimum atomic E-state index is -0.529. The molecule has 0 aliphatic heterocycles. The van der Waals surface area contributed by atoms with Gasteiger partial charge in [-0.1, -0.05) is 272 Å². The number of rotatable bonds is 57. The molecule has 0 fully saturated rings. The number of ether oxygens (including phenoxy) is 2. The van der Waals surface area contributed by atoms with Gasteiger partial charge in [-0.25, -0.2) is 0 Å². The molecule has 69 heavy (non-hydrogen) atoms. The van der Waals surface area contributed by atoms with E-state index >= 15 is 0 Å². The van der Waals surface area contributed by atoms with Crippen LogP contribution in [0, 0.1) is 11.8 Å². The highest BCUT2D eigenvalue weighted by Gasteiger charge is 2.25. The second-order valence-corrected chi connectivity index (χ2v) is 21.8. The minimum absolute atomic E-state index is 0.0256. The van der Waals surface area contributed by atoms with Crippen LogP contribution >= 0.6 is 0 Å². The van der Waals surface area contributed by atoms with E-state index in [4.69, 9.17) is 9.47 Å². The topological polar surface area (TPSA) is 96.3 Å². The van der Waals surface area contributed by atoms with Gasteiger partial charge in [0.1, 0.15) is 0 Å². The first-order valence-corrected chi connectivity index (χ1v) is 31.3. The molecule has 0 aromatic heterocycles. The largest absolute Gasteiger partial charge is 0.465 e. The fraction of sp³-hybridized carbons (Fsp3) is 0.968. The molecule has 0 spiro atoms. The van der Waals surface area contributed by atoms with Crippen molar-refractivity contribution in [1.82, 2.24) is 4.90 Å². The molecule has 7 heteroatoms. The molecular formula is C62H123NO6. The Labute approximate surface area is 431 Å². The van der Waals surface area contributed by atoms with Crippen LogP contribution < -0.4 is 0 Å². The monoisotopic (exact) mass is 978 g/mol. The van der Waals surface area contributed by atoms with E-state index in [9.17, 15) is 19.8 Å². The van der Waals surface area contributed by atoms with Crippen LogP contribution in [0.4, 0.5) is 0 Å². The van der Waals surface area contributed by atoms with Gasteiger partial charge in [-0.05, 0) is 70.9 Å². The highest BCUT2D eigenvalue weighted by Crippen LogP contribution is 2.23. The Bertz CT molecular complexity index is 982. The van der Waals surface area contributed by atoms with Crippen molar-refractivity contribution in [3.05, 3.63) is 0 Å². The van der Waals surface area contributed by atoms with Gasteiger partial charge in [0.2, 0.25) is 0 Å². The lowest BCUT2D eigenvalue weighted by Gasteiger charge is -2.34. The molecule has 4 atom stereocenters. The zero-order chi connectivity index (χ0) is 50.5. The van der Waals surface area contributed by atoms with Crippen molar-refractivity contribution in [3.8, 4) is 0 Å². The molecule has 412 valence electrons. The summed E-state index contributed by atoms with van der Waals surface area (Å²) in [5.74, 6) is 0.155. The maximum absolute atomic E-state index is 13.2. The lowest BCUT2D eigenvalue weighted by molar-refractivity contribution is -0.150. The van der Waals surface area contributed by atoms with Gasteiger partial charge in [-0.2, -0.15) is 0 Å². The van der Waals surface area contributed by atoms with Crippen LogP contribution in [0.2, 0.25) is 0 Å². The van der Waals surface area contributed by atoms with E-state index in [1.54, 1.807) is 0 Å². The summed E-state index contributed by atoms with van der Waals surface area (Å²) < 4.78 is 11.8. The van der Waals surface area contributed by atoms with Crippen molar-refractivity contribution < 1.29 is 29.3 Å². The van der Waals surface area contributed by atoms with E-state index in [1.165, 1.54) is 173 Å². The molecule has 0 saturated heterocycles. The quantitative estimate of drug-likeness (QED) is 0.0463. The maximum atomic E-state index is 13.2. The van der Waals surface area contributed by atoms with Crippen LogP contribution in [0.25, 0.3) is 0 Å². The van der Waals surface area contributed by atoms with Crippen LogP contribution in [-0.4, -0.2) is 72.1 Å². The number of aliphatic hydroxyl groups excluding tert-OH is 2. The van der Waals surface area contributed by atoms with Crippen molar-refractivity contribution in [2.75, 3.05) is 32.9 Å². The standard InChI is InChI=1S/C62H123NO6/c1-6-11-16-21-24-25-26-27-28-29-30-33-42-51-60(65)59(56-64)63(52-43-34-36-45-54-68-61(66)57(47-38-19-14-9-4)49-40-31-22-17-12-7-2)53-44-35-37-46-55-69-62(67)58(48-39-20-15-10-5)50-41-32-23-18-13-8-3/h57-60,64-65H,6-56H2,1-5H3. The van der Waals surface area contributed by atoms with E-state index in [2.05, 4.69) is 39.5 Å². The first-order chi connectivity index (χ1) is 33.9. The third kappa shape index (κ3) is 44.1. The fourth-order valence-electron chi connectivity index (χ4n) is 10.3. The molecule has 0 saturated carbocycles. The average molecular weight is 979 g/mol. The second-order valence-electron chi connectivity index (χ2n) is 21.8. The maximum Gasteiger partial charge on any atom is 0.308 e. The lowest BCUT2D eigenvalue weighted by Crippen LogP contribution is -2.47. The van der Waals surface area contributed by atoms with Gasteiger partial charge in [-0.3, -0.25) is 14.5 Å². The van der Waals surface area contributed by atoms with Gasteiger partial charge in [-0.15, -0.1) is 0 Å². The number of unbranched alkanes of at least 4 members (excludes halogenated alkanes) is 34. The Morgan fingerprint density at radius 2 is 0.594 bits per heavy atom. The summed E-state index contributed by atoms with van der Waals surface area (Å²) in [5.41, 5.74) is 0. The Kier molecular flexibility index (Phi) is 53.7. The van der Waals surface area contributed by atoms with Gasteiger partial charge < -0.3 is 19.7 Å². The molecule has 0 bridgehead atoms. The van der Waals surface area contributed by atoms with Gasteiger partial charge in [0.05, 0.1) is 43.8 Å². The Hall–Kier alpha value is -1.18. The molecule has 4 unspecified atom stereocenters. The first-order valence-electron chi connectivity index (χ1n) is 31.3. The van der Waals surface area contributed by atoms with E-state index in [0.717, 1.165) is 135 Å². The van der Waals surface area contributed by atoms with Crippen molar-refractivity contribution in [2.24, 2.45) is 11.8 Å². The fourth-order valence-corrected chi connectivity index (χ4v) is 10.3. The Balaban J connectivity index is 5.04. The summed E-state index contributed by atoms with van der Waals surface area (Å²) in [4.78, 5) is 28.8. The van der Waals surface area contributed by atoms with Crippen LogP contribution in [0.1, 0.15) is 330 Å². The second kappa shape index (κ2) is 54.6. The van der Waals surface area contributed by atoms with E-state index < -0.39 is 6.10 Å². The third-order valence-corrected chi connectivity index (χ3v) is 15.2. The molecule has 0 aromatic carbocycles. The van der Waals surface area contributed by atoms with Crippen LogP contribution in [0.3, 0.4) is 0 Å². The lowest BCUT2D eigenvalue weighted by atomic mass is 9.94. The number of carbonyl (C=O) groups is 2. The first kappa shape index (κ1) is 67.8. The molecule has 0 rings (SSSR count). The molecule has 0 aromatic rings. The molecule has 0 aliphatic carbocycles. The molecule has 0 heterocycles. The molecule has 0 amide bonds. The Morgan fingerprint density at radius 3 is 0.899 bits per heavy atom. The van der Waals surface area contributed by atoms with Gasteiger partial charge in [0.25, 0.3) is 0 Å². The number of aliphatic hydroxyl groups is 2. The minimum Gasteiger partial charge on any atom is -0.465 e. The SMILES string of the molecule is CCCCCCCCCCCCCCCC(O)C(CO)N(CCCCCCOC(=O)C(CCCCCC)CCCCCCCC)CCCCCCOC(=O)C(CCCCCC)CCCCCCCC. The number of esters is 2. The smallest absolute Gasteiger partial charge is 0.308 e. The summed E-state index contributed by atoms with van der Waals surface area (Å²) in [7, 11) is 0. The highest BCUT2D eigenvalue weighted by molar-refractivity contribution is 5.72. The van der Waals surface area contributed by atoms with Gasteiger partial charge in [0, 0.05) is 0 Å².